The molecular formula is C27H48S17Sb2. The second-order valence-electron chi connectivity index (χ2n) is 11.0. The fraction of sp³-hybridized carbons (Fsp3) is 1.00. The average molecular weight is 1160 g/mol. The van der Waals surface area contributed by atoms with E-state index in [2.05, 4.69) is 172 Å². The monoisotopic (exact) mass is 1160 g/mol. The minimum absolute atomic E-state index is 0.965. The fourth-order valence-electron chi connectivity index (χ4n) is 3.56. The van der Waals surface area contributed by atoms with Crippen LogP contribution < -0.4 is 0 Å². The number of hydrogen-bond donors (Lipinski definition) is 1. The molecule has 7 saturated heterocycles. The predicted molar refractivity (Wildman–Crippen MR) is 266 cm³/mol. The van der Waals surface area contributed by atoms with Crippen molar-refractivity contribution in [3.8, 4) is 0 Å². The van der Waals surface area contributed by atoms with E-state index in [1.165, 1.54) is 109 Å². The van der Waals surface area contributed by atoms with Gasteiger partial charge in [0.2, 0.25) is 0 Å². The van der Waals surface area contributed by atoms with E-state index < -0.39 is 32.0 Å². The van der Waals surface area contributed by atoms with E-state index in [1.54, 1.807) is 0 Å². The molecule has 7 fully saturated rings. The Morgan fingerprint density at radius 2 is 0.652 bits per heavy atom. The summed E-state index contributed by atoms with van der Waals surface area (Å²) in [5.41, 5.74) is 0. The Bertz CT molecular complexity index is 719. The molecule has 268 valence electrons. The van der Waals surface area contributed by atoms with Crippen molar-refractivity contribution in [3.05, 3.63) is 0 Å². The molecule has 0 bridgehead atoms. The second kappa shape index (κ2) is 28.1. The van der Waals surface area contributed by atoms with Crippen LogP contribution in [0, 0.1) is 0 Å². The number of hydrogen-bond acceptors (Lipinski definition) is 17. The summed E-state index contributed by atoms with van der Waals surface area (Å²) in [5.74, 6) is 27.9. The fourth-order valence-corrected chi connectivity index (χ4v) is 82.0. The molecule has 7 rings (SSSR count). The van der Waals surface area contributed by atoms with E-state index in [9.17, 15) is 0 Å². The molecule has 0 saturated carbocycles. The van der Waals surface area contributed by atoms with Gasteiger partial charge in [-0.25, -0.2) is 0 Å². The summed E-state index contributed by atoms with van der Waals surface area (Å²) in [6, 6.07) is 0. The zero-order valence-corrected chi connectivity index (χ0v) is 45.1. The third-order valence-corrected chi connectivity index (χ3v) is 73.2. The van der Waals surface area contributed by atoms with Gasteiger partial charge in [-0.2, -0.15) is 36.2 Å². The van der Waals surface area contributed by atoms with Crippen LogP contribution in [0.4, 0.5) is 0 Å². The van der Waals surface area contributed by atoms with Crippen LogP contribution in [-0.2, 0) is 0 Å². The molecule has 0 radical (unpaired) electrons. The summed E-state index contributed by atoms with van der Waals surface area (Å²) in [4.78, 5) is 0. The SMILES string of the molecule is C(C[S][Sb]([S]CCSC1CSC1)[S]C1CSC1)SC1CSC1.C1SCC1[S][Sb]([S]C1CSC1)[S]C1CSC1.SCCSC1CSC1. The third kappa shape index (κ3) is 18.9. The molecule has 0 N–H and O–H groups in total. The maximum atomic E-state index is 4.13. The normalized spacial score (nSPS) is 24.3. The Morgan fingerprint density at radius 1 is 0.370 bits per heavy atom. The van der Waals surface area contributed by atoms with Crippen LogP contribution in [0.1, 0.15) is 0 Å². The first-order chi connectivity index (χ1) is 22.7. The third-order valence-electron chi connectivity index (χ3n) is 6.90. The molecule has 0 spiro atoms. The van der Waals surface area contributed by atoms with Crippen LogP contribution in [0.3, 0.4) is 0 Å². The van der Waals surface area contributed by atoms with Gasteiger partial charge in [0.05, 0.1) is 0 Å². The summed E-state index contributed by atoms with van der Waals surface area (Å²) in [7, 11) is 14.6. The van der Waals surface area contributed by atoms with Crippen molar-refractivity contribution in [1.29, 1.82) is 0 Å². The smallest absolute Gasteiger partial charge is 0.0229 e. The van der Waals surface area contributed by atoms with Crippen molar-refractivity contribution in [2.75, 3.05) is 115 Å². The molecule has 19 heteroatoms. The van der Waals surface area contributed by atoms with Crippen molar-refractivity contribution in [2.24, 2.45) is 0 Å². The zero-order chi connectivity index (χ0) is 31.7. The molecule has 0 atom stereocenters. The Balaban J connectivity index is 0.000000151. The van der Waals surface area contributed by atoms with E-state index in [0.29, 0.717) is 0 Å². The largest absolute Gasteiger partial charge is 0.179 e. The maximum absolute atomic E-state index is 4.13. The van der Waals surface area contributed by atoms with Crippen molar-refractivity contribution >= 4 is 215 Å². The predicted octanol–water partition coefficient (Wildman–Crippen LogP) is 10.3. The van der Waals surface area contributed by atoms with E-state index in [4.69, 9.17) is 0 Å². The first-order valence-corrected chi connectivity index (χ1v) is 51.6. The van der Waals surface area contributed by atoms with Crippen LogP contribution in [0.25, 0.3) is 0 Å². The van der Waals surface area contributed by atoms with Crippen LogP contribution >= 0.6 is 183 Å². The van der Waals surface area contributed by atoms with E-state index >= 15 is 0 Å². The molecular weight excluding hydrogens is 1110 g/mol. The average Bonchev–Trinajstić information content (AvgIpc) is 2.88. The number of thiol groups is 1. The molecule has 0 aromatic carbocycles. The maximum Gasteiger partial charge on any atom is 0.0229 e. The van der Waals surface area contributed by atoms with Gasteiger partial charge in [0.1, 0.15) is 0 Å². The van der Waals surface area contributed by atoms with Crippen LogP contribution in [0.5, 0.6) is 0 Å². The standard InChI is InChI=1S/3C5H10S3.4C3H6S2.2Sb/c3*6-1-2-8-5-3-7-4-5;4*4-3-1-5-2-3;;/h3*5-6H,1-4H2;4*3-4H,1-2H2;;/q;;;;;;;2*+3/p-6. The van der Waals surface area contributed by atoms with Gasteiger partial charge in [-0.05, 0) is 5.75 Å². The first-order valence-electron chi connectivity index (χ1n) is 15.8. The van der Waals surface area contributed by atoms with Gasteiger partial charge < -0.3 is 0 Å². The van der Waals surface area contributed by atoms with Crippen LogP contribution in [0.2, 0.25) is 0 Å². The molecule has 0 aliphatic carbocycles. The summed E-state index contributed by atoms with van der Waals surface area (Å²) >= 11 is 23.4. The minimum atomic E-state index is -1.13. The molecule has 0 amide bonds. The number of thioether (sulfide) groups is 10. The van der Waals surface area contributed by atoms with Gasteiger partial charge in [-0.3, -0.25) is 0 Å². The zero-order valence-electron chi connectivity index (χ0n) is 26.1. The molecule has 7 aliphatic heterocycles. The summed E-state index contributed by atoms with van der Waals surface area (Å²) in [6.07, 6.45) is 0. The van der Waals surface area contributed by atoms with E-state index in [-0.39, 0.29) is 0 Å². The Morgan fingerprint density at radius 3 is 0.913 bits per heavy atom. The van der Waals surface area contributed by atoms with Crippen LogP contribution in [-0.4, -0.2) is 184 Å². The van der Waals surface area contributed by atoms with Gasteiger partial charge in [0, 0.05) is 22.5 Å². The summed E-state index contributed by atoms with van der Waals surface area (Å²) in [5, 5.41) is 7.13. The summed E-state index contributed by atoms with van der Waals surface area (Å²) in [6.45, 7) is 0. The van der Waals surface area contributed by atoms with Gasteiger partial charge in [0.25, 0.3) is 0 Å². The van der Waals surface area contributed by atoms with Crippen molar-refractivity contribution in [3.63, 3.8) is 0 Å². The van der Waals surface area contributed by atoms with Gasteiger partial charge in [0.15, 0.2) is 0 Å². The van der Waals surface area contributed by atoms with Crippen molar-refractivity contribution < 1.29 is 0 Å². The van der Waals surface area contributed by atoms with Crippen molar-refractivity contribution in [2.45, 2.75) is 36.7 Å². The quantitative estimate of drug-likeness (QED) is 0.0658. The molecule has 7 heterocycles. The van der Waals surface area contributed by atoms with E-state index in [0.717, 1.165) is 42.5 Å². The van der Waals surface area contributed by atoms with Gasteiger partial charge in [-0.15, -0.1) is 0 Å². The molecule has 0 unspecified atom stereocenters. The topological polar surface area (TPSA) is 0 Å². The summed E-state index contributed by atoms with van der Waals surface area (Å²) < 4.78 is 0. The van der Waals surface area contributed by atoms with Crippen LogP contribution in [0.15, 0.2) is 0 Å². The molecule has 0 nitrogen and oxygen atoms in total. The minimum Gasteiger partial charge on any atom is -0.179 e. The Labute approximate surface area is 360 Å². The molecule has 46 heavy (non-hydrogen) atoms. The molecule has 7 aliphatic rings. The van der Waals surface area contributed by atoms with Gasteiger partial charge >= 0.3 is 303 Å². The van der Waals surface area contributed by atoms with E-state index in [1.807, 2.05) is 11.8 Å². The second-order valence-corrected chi connectivity index (χ2v) is 66.2. The van der Waals surface area contributed by atoms with Crippen molar-refractivity contribution in [1.82, 2.24) is 0 Å². The van der Waals surface area contributed by atoms with Gasteiger partial charge in [-0.1, -0.05) is 0 Å². The molecule has 0 aromatic heterocycles. The Hall–Kier alpha value is 7.59. The Kier molecular flexibility index (Phi) is 27.3. The number of rotatable bonds is 21. The molecule has 0 aromatic rings. The first kappa shape index (κ1) is 44.7.